The summed E-state index contributed by atoms with van der Waals surface area (Å²) in [5, 5.41) is 29.6. The molecule has 0 aromatic heterocycles. The summed E-state index contributed by atoms with van der Waals surface area (Å²) in [5.74, 6) is -5.80. The molecule has 7 N–H and O–H groups in total. The second-order valence-corrected chi connectivity index (χ2v) is 8.53. The number of ether oxygens (including phenoxy) is 2. The number of hydrazine groups is 1. The molecule has 1 aliphatic heterocycles. The molecule has 208 valence electrons. The molecule has 2 aromatic rings. The van der Waals surface area contributed by atoms with Crippen molar-refractivity contribution in [1.29, 1.82) is 5.41 Å². The number of phenolic OH excluding ortho intramolecular Hbond substituents is 1. The molecular weight excluding hydrogens is 518 g/mol. The van der Waals surface area contributed by atoms with Gasteiger partial charge in [-0.3, -0.25) is 15.0 Å². The van der Waals surface area contributed by atoms with Crippen LogP contribution in [-0.4, -0.2) is 66.3 Å². The van der Waals surface area contributed by atoms with Crippen molar-refractivity contribution in [3.05, 3.63) is 71.1 Å². The number of amidine groups is 1. The zero-order chi connectivity index (χ0) is 28.9. The highest BCUT2D eigenvalue weighted by atomic mass is 19.1. The number of nitrogens with one attached hydrogen (secondary N) is 3. The first kappa shape index (κ1) is 28.7. The molecule has 1 amide bonds. The maximum absolute atomic E-state index is 15.5. The number of carbonyl (C=O) groups excluding carboxylic acids is 1. The number of nitrogen functional groups attached to an aromatic ring is 1. The molecule has 1 atom stereocenters. The van der Waals surface area contributed by atoms with Crippen molar-refractivity contribution >= 4 is 23.4 Å². The van der Waals surface area contributed by atoms with E-state index in [1.54, 1.807) is 37.2 Å². The van der Waals surface area contributed by atoms with E-state index in [4.69, 9.17) is 25.7 Å². The third-order valence-electron chi connectivity index (χ3n) is 5.45. The van der Waals surface area contributed by atoms with Crippen molar-refractivity contribution in [2.45, 2.75) is 13.2 Å². The number of anilines is 1. The minimum Gasteiger partial charge on any atom is -0.504 e. The van der Waals surface area contributed by atoms with E-state index in [0.717, 1.165) is 11.9 Å². The largest absolute Gasteiger partial charge is 0.504 e. The number of carboxylic acids is 1. The molecule has 2 aromatic carbocycles. The van der Waals surface area contributed by atoms with Gasteiger partial charge in [-0.15, -0.1) is 0 Å². The Morgan fingerprint density at radius 3 is 2.54 bits per heavy atom. The van der Waals surface area contributed by atoms with Gasteiger partial charge in [0.15, 0.2) is 23.2 Å². The van der Waals surface area contributed by atoms with Gasteiger partial charge in [0.25, 0.3) is 5.88 Å². The van der Waals surface area contributed by atoms with Crippen LogP contribution in [0.1, 0.15) is 12.5 Å². The van der Waals surface area contributed by atoms with E-state index < -0.39 is 60.1 Å². The molecule has 12 nitrogen and oxygen atoms in total. The van der Waals surface area contributed by atoms with Crippen LogP contribution < -0.4 is 30.8 Å². The molecule has 14 heteroatoms. The van der Waals surface area contributed by atoms with Crippen LogP contribution in [0.15, 0.2) is 65.6 Å². The van der Waals surface area contributed by atoms with Crippen molar-refractivity contribution in [3.8, 4) is 17.2 Å². The molecule has 0 bridgehead atoms. The molecule has 0 fully saturated rings. The normalized spacial score (nSPS) is 15.2. The standard InChI is InChI=1S/C25H28F2N6O6/c1-13-21(26)24(38-16-6-4-5-15(10-16)32(2)3)33(31-11-19(35)30-12-20(36)37)25(22(13)27)39-18-9-14(23(28)29)7-8-17(18)34/h4-10,25,31,34H,11-12H2,1-3H3,(H3,28,29)(H,30,35)(H,36,37). The number of nitrogens with two attached hydrogens (primary N) is 1. The van der Waals surface area contributed by atoms with Gasteiger partial charge in [0.2, 0.25) is 12.1 Å². The number of aliphatic carboxylic acids is 1. The number of amides is 1. The smallest absolute Gasteiger partial charge is 0.322 e. The Balaban J connectivity index is 2.02. The van der Waals surface area contributed by atoms with Crippen molar-refractivity contribution < 1.29 is 38.1 Å². The highest BCUT2D eigenvalue weighted by Gasteiger charge is 2.39. The number of nitrogens with zero attached hydrogens (tertiary/aromatic N) is 2. The van der Waals surface area contributed by atoms with Gasteiger partial charge in [-0.25, -0.2) is 19.2 Å². The zero-order valence-electron chi connectivity index (χ0n) is 21.3. The van der Waals surface area contributed by atoms with E-state index in [0.29, 0.717) is 5.69 Å². The molecule has 0 saturated heterocycles. The molecule has 39 heavy (non-hydrogen) atoms. The Hall–Kier alpha value is -4.85. The molecule has 0 saturated carbocycles. The fraction of sp³-hybridized carbons (Fsp3) is 0.240. The Morgan fingerprint density at radius 2 is 1.90 bits per heavy atom. The number of carbonyl (C=O) groups is 2. The van der Waals surface area contributed by atoms with Gasteiger partial charge >= 0.3 is 5.97 Å². The summed E-state index contributed by atoms with van der Waals surface area (Å²) in [6.07, 6.45) is -1.81. The van der Waals surface area contributed by atoms with Crippen LogP contribution in [-0.2, 0) is 9.59 Å². The number of aromatic hydroxyl groups is 1. The summed E-state index contributed by atoms with van der Waals surface area (Å²) in [7, 11) is 3.58. The predicted octanol–water partition coefficient (Wildman–Crippen LogP) is 1.93. The van der Waals surface area contributed by atoms with Crippen molar-refractivity contribution in [3.63, 3.8) is 0 Å². The Labute approximate surface area is 222 Å². The lowest BCUT2D eigenvalue weighted by molar-refractivity contribution is -0.138. The van der Waals surface area contributed by atoms with Crippen molar-refractivity contribution in [2.75, 3.05) is 32.1 Å². The number of carboxylic acid groups (broad SMARTS) is 1. The summed E-state index contributed by atoms with van der Waals surface area (Å²) in [6, 6.07) is 10.3. The Bertz CT molecular complexity index is 1350. The van der Waals surface area contributed by atoms with Gasteiger partial charge in [-0.05, 0) is 37.3 Å². The first-order chi connectivity index (χ1) is 18.4. The number of benzene rings is 2. The second-order valence-electron chi connectivity index (χ2n) is 8.53. The molecule has 1 aliphatic rings. The van der Waals surface area contributed by atoms with E-state index in [-0.39, 0.29) is 22.9 Å². The van der Waals surface area contributed by atoms with Gasteiger partial charge in [0, 0.05) is 37.0 Å². The van der Waals surface area contributed by atoms with E-state index in [9.17, 15) is 14.7 Å². The number of phenols is 1. The van der Waals surface area contributed by atoms with Crippen LogP contribution in [0.4, 0.5) is 14.5 Å². The average Bonchev–Trinajstić information content (AvgIpc) is 2.89. The topological polar surface area (TPSA) is 173 Å². The molecule has 0 radical (unpaired) electrons. The summed E-state index contributed by atoms with van der Waals surface area (Å²) in [5.41, 5.74) is 8.43. The highest BCUT2D eigenvalue weighted by Crippen LogP contribution is 2.37. The van der Waals surface area contributed by atoms with E-state index in [2.05, 4.69) is 10.7 Å². The van der Waals surface area contributed by atoms with Crippen LogP contribution in [0.25, 0.3) is 0 Å². The lowest BCUT2D eigenvalue weighted by Gasteiger charge is -2.37. The van der Waals surface area contributed by atoms with Crippen molar-refractivity contribution in [1.82, 2.24) is 15.8 Å². The number of hydrogen-bond acceptors (Lipinski definition) is 9. The van der Waals surface area contributed by atoms with Crippen LogP contribution in [0.5, 0.6) is 17.2 Å². The quantitative estimate of drug-likeness (QED) is 0.181. The van der Waals surface area contributed by atoms with E-state index in [1.807, 2.05) is 0 Å². The fourth-order valence-electron chi connectivity index (χ4n) is 3.36. The van der Waals surface area contributed by atoms with Crippen LogP contribution in [0.3, 0.4) is 0 Å². The van der Waals surface area contributed by atoms with Gasteiger partial charge in [0.1, 0.15) is 18.1 Å². The van der Waals surface area contributed by atoms with Crippen LogP contribution in [0, 0.1) is 5.41 Å². The predicted molar refractivity (Wildman–Crippen MR) is 137 cm³/mol. The van der Waals surface area contributed by atoms with Crippen LogP contribution >= 0.6 is 0 Å². The third kappa shape index (κ3) is 6.93. The highest BCUT2D eigenvalue weighted by molar-refractivity contribution is 5.95. The molecule has 0 aliphatic carbocycles. The minimum absolute atomic E-state index is 0.158. The number of halogens is 2. The second kappa shape index (κ2) is 12.1. The number of hydrogen-bond donors (Lipinski definition) is 6. The Kier molecular flexibility index (Phi) is 8.93. The first-order valence-corrected chi connectivity index (χ1v) is 11.5. The summed E-state index contributed by atoms with van der Waals surface area (Å²) >= 11 is 0. The molecule has 0 spiro atoms. The van der Waals surface area contributed by atoms with Gasteiger partial charge in [-0.1, -0.05) is 6.07 Å². The lowest BCUT2D eigenvalue weighted by atomic mass is 10.1. The lowest BCUT2D eigenvalue weighted by Crippen LogP contribution is -2.54. The molecule has 3 rings (SSSR count). The summed E-state index contributed by atoms with van der Waals surface area (Å²) < 4.78 is 42.4. The van der Waals surface area contributed by atoms with Crippen LogP contribution in [0.2, 0.25) is 0 Å². The van der Waals surface area contributed by atoms with E-state index in [1.165, 1.54) is 24.3 Å². The molecule has 1 heterocycles. The average molecular weight is 547 g/mol. The summed E-state index contributed by atoms with van der Waals surface area (Å²) in [6.45, 7) is -0.148. The minimum atomic E-state index is -1.81. The fourth-order valence-corrected chi connectivity index (χ4v) is 3.36. The summed E-state index contributed by atoms with van der Waals surface area (Å²) in [4.78, 5) is 24.8. The molecular formula is C25H28F2N6O6. The Morgan fingerprint density at radius 1 is 1.18 bits per heavy atom. The maximum atomic E-state index is 15.5. The third-order valence-corrected chi connectivity index (χ3v) is 5.45. The van der Waals surface area contributed by atoms with Gasteiger partial charge in [0.05, 0.1) is 6.54 Å². The SMILES string of the molecule is CC1=C(F)C(Oc2cc(C(=N)N)ccc2O)N(NCC(=O)NCC(=O)O)C(Oc2cccc(N(C)C)c2)=C1F. The van der Waals surface area contributed by atoms with E-state index >= 15 is 8.78 Å². The zero-order valence-corrected chi connectivity index (χ0v) is 21.3. The number of rotatable bonds is 11. The number of allylic oxidation sites excluding steroid dienone is 2. The first-order valence-electron chi connectivity index (χ1n) is 11.5. The molecule has 1 unspecified atom stereocenters. The monoisotopic (exact) mass is 546 g/mol. The van der Waals surface area contributed by atoms with Gasteiger partial charge in [-0.2, -0.15) is 0 Å². The van der Waals surface area contributed by atoms with Crippen molar-refractivity contribution in [2.24, 2.45) is 5.73 Å². The maximum Gasteiger partial charge on any atom is 0.322 e. The van der Waals surface area contributed by atoms with Gasteiger partial charge < -0.3 is 35.6 Å².